The standard InChI is InChI=1S/C21H18F4N2O/c1-15-2-6-17(21(23,24)25)14-19(15)26-10-12-27(13-11-26)20(28)9-5-16-3-7-18(22)8-4-16/h2-4,6-8,14H,10-13H2,1H3. The highest BCUT2D eigenvalue weighted by atomic mass is 19.4. The first-order valence-electron chi connectivity index (χ1n) is 8.73. The zero-order valence-electron chi connectivity index (χ0n) is 15.2. The van der Waals surface area contributed by atoms with Crippen molar-refractivity contribution in [3.63, 3.8) is 0 Å². The van der Waals surface area contributed by atoms with E-state index >= 15 is 0 Å². The molecule has 0 aliphatic carbocycles. The summed E-state index contributed by atoms with van der Waals surface area (Å²) in [6, 6.07) is 9.21. The van der Waals surface area contributed by atoms with E-state index < -0.39 is 11.7 Å². The lowest BCUT2D eigenvalue weighted by Crippen LogP contribution is -2.48. The van der Waals surface area contributed by atoms with Crippen LogP contribution in [0.15, 0.2) is 42.5 Å². The van der Waals surface area contributed by atoms with Gasteiger partial charge in [-0.2, -0.15) is 13.2 Å². The monoisotopic (exact) mass is 390 g/mol. The van der Waals surface area contributed by atoms with Gasteiger partial charge in [-0.25, -0.2) is 4.39 Å². The zero-order chi connectivity index (χ0) is 20.3. The largest absolute Gasteiger partial charge is 0.416 e. The summed E-state index contributed by atoms with van der Waals surface area (Å²) in [5, 5.41) is 0. The number of hydrogen-bond acceptors (Lipinski definition) is 2. The molecule has 0 spiro atoms. The molecule has 1 saturated heterocycles. The Morgan fingerprint density at radius 2 is 1.64 bits per heavy atom. The molecule has 1 aliphatic heterocycles. The molecule has 0 radical (unpaired) electrons. The molecule has 146 valence electrons. The third-order valence-electron chi connectivity index (χ3n) is 4.60. The van der Waals surface area contributed by atoms with Crippen LogP contribution in [0.5, 0.6) is 0 Å². The fraction of sp³-hybridized carbons (Fsp3) is 0.286. The van der Waals surface area contributed by atoms with Gasteiger partial charge in [-0.1, -0.05) is 12.0 Å². The van der Waals surface area contributed by atoms with E-state index in [1.807, 2.05) is 4.90 Å². The van der Waals surface area contributed by atoms with E-state index in [1.165, 1.54) is 30.3 Å². The van der Waals surface area contributed by atoms with Crippen molar-refractivity contribution >= 4 is 11.6 Å². The van der Waals surface area contributed by atoms with Gasteiger partial charge in [-0.3, -0.25) is 4.79 Å². The molecule has 2 aromatic rings. The van der Waals surface area contributed by atoms with Gasteiger partial charge in [0.2, 0.25) is 0 Å². The van der Waals surface area contributed by atoms with Crippen molar-refractivity contribution in [1.82, 2.24) is 4.90 Å². The van der Waals surface area contributed by atoms with Gasteiger partial charge in [-0.05, 0) is 48.9 Å². The van der Waals surface area contributed by atoms with Crippen molar-refractivity contribution in [2.45, 2.75) is 13.1 Å². The van der Waals surface area contributed by atoms with Crippen molar-refractivity contribution in [3.8, 4) is 11.8 Å². The van der Waals surface area contributed by atoms with E-state index in [4.69, 9.17) is 0 Å². The summed E-state index contributed by atoms with van der Waals surface area (Å²) in [5.41, 5.74) is 1.13. The molecular weight excluding hydrogens is 372 g/mol. The molecular formula is C21H18F4N2O. The summed E-state index contributed by atoms with van der Waals surface area (Å²) >= 11 is 0. The van der Waals surface area contributed by atoms with Crippen LogP contribution in [0.1, 0.15) is 16.7 Å². The molecule has 1 aliphatic rings. The first-order chi connectivity index (χ1) is 13.2. The summed E-state index contributed by atoms with van der Waals surface area (Å²) in [6.45, 7) is 3.35. The van der Waals surface area contributed by atoms with E-state index in [-0.39, 0.29) is 11.7 Å². The second-order valence-corrected chi connectivity index (χ2v) is 6.54. The van der Waals surface area contributed by atoms with Gasteiger partial charge in [0.15, 0.2) is 0 Å². The lowest BCUT2D eigenvalue weighted by molar-refractivity contribution is -0.137. The Bertz CT molecular complexity index is 918. The number of carbonyl (C=O) groups is 1. The van der Waals surface area contributed by atoms with Crippen LogP contribution in [-0.4, -0.2) is 37.0 Å². The van der Waals surface area contributed by atoms with Crippen LogP contribution in [0, 0.1) is 24.6 Å². The number of benzene rings is 2. The molecule has 0 N–H and O–H groups in total. The van der Waals surface area contributed by atoms with Crippen molar-refractivity contribution in [2.75, 3.05) is 31.1 Å². The minimum atomic E-state index is -4.39. The van der Waals surface area contributed by atoms with Crippen LogP contribution in [0.4, 0.5) is 23.2 Å². The number of amides is 1. The van der Waals surface area contributed by atoms with E-state index in [0.29, 0.717) is 37.4 Å². The van der Waals surface area contributed by atoms with Gasteiger partial charge in [0, 0.05) is 43.4 Å². The van der Waals surface area contributed by atoms with Gasteiger partial charge in [0.25, 0.3) is 5.91 Å². The smallest absolute Gasteiger partial charge is 0.368 e. The molecule has 0 unspecified atom stereocenters. The fourth-order valence-corrected chi connectivity index (χ4v) is 3.01. The van der Waals surface area contributed by atoms with E-state index in [1.54, 1.807) is 11.8 Å². The highest BCUT2D eigenvalue weighted by Crippen LogP contribution is 2.33. The normalized spacial score (nSPS) is 14.5. The van der Waals surface area contributed by atoms with E-state index in [2.05, 4.69) is 11.8 Å². The summed E-state index contributed by atoms with van der Waals surface area (Å²) in [5.74, 6) is 4.50. The molecule has 7 heteroatoms. The second-order valence-electron chi connectivity index (χ2n) is 6.54. The molecule has 1 heterocycles. The number of halogens is 4. The molecule has 0 atom stereocenters. The average molecular weight is 390 g/mol. The number of anilines is 1. The van der Waals surface area contributed by atoms with Crippen molar-refractivity contribution in [3.05, 3.63) is 65.0 Å². The fourth-order valence-electron chi connectivity index (χ4n) is 3.01. The third-order valence-corrected chi connectivity index (χ3v) is 4.60. The minimum Gasteiger partial charge on any atom is -0.368 e. The number of rotatable bonds is 1. The van der Waals surface area contributed by atoms with Crippen LogP contribution in [0.2, 0.25) is 0 Å². The molecule has 1 amide bonds. The number of piperazine rings is 1. The first kappa shape index (κ1) is 19.7. The lowest BCUT2D eigenvalue weighted by Gasteiger charge is -2.36. The summed E-state index contributed by atoms with van der Waals surface area (Å²) in [4.78, 5) is 15.7. The van der Waals surface area contributed by atoms with Gasteiger partial charge < -0.3 is 9.80 Å². The van der Waals surface area contributed by atoms with Crippen LogP contribution >= 0.6 is 0 Å². The maximum absolute atomic E-state index is 13.0. The van der Waals surface area contributed by atoms with Crippen LogP contribution in [0.3, 0.4) is 0 Å². The van der Waals surface area contributed by atoms with Gasteiger partial charge in [0.1, 0.15) is 5.82 Å². The molecule has 0 saturated carbocycles. The molecule has 3 nitrogen and oxygen atoms in total. The Morgan fingerprint density at radius 1 is 1.00 bits per heavy atom. The Hall–Kier alpha value is -3.01. The van der Waals surface area contributed by atoms with Crippen molar-refractivity contribution < 1.29 is 22.4 Å². The Labute approximate surface area is 160 Å². The quantitative estimate of drug-likeness (QED) is 0.546. The Morgan fingerprint density at radius 3 is 2.25 bits per heavy atom. The number of nitrogens with zero attached hydrogens (tertiary/aromatic N) is 2. The van der Waals surface area contributed by atoms with Crippen LogP contribution in [-0.2, 0) is 11.0 Å². The van der Waals surface area contributed by atoms with E-state index in [9.17, 15) is 22.4 Å². The highest BCUT2D eigenvalue weighted by molar-refractivity contribution is 5.94. The lowest BCUT2D eigenvalue weighted by atomic mass is 10.1. The predicted molar refractivity (Wildman–Crippen MR) is 98.3 cm³/mol. The van der Waals surface area contributed by atoms with Crippen LogP contribution < -0.4 is 4.90 Å². The number of aryl methyl sites for hydroxylation is 1. The summed E-state index contributed by atoms with van der Waals surface area (Å²) in [7, 11) is 0. The molecule has 3 rings (SSSR count). The first-order valence-corrected chi connectivity index (χ1v) is 8.73. The average Bonchev–Trinajstić information content (AvgIpc) is 2.67. The van der Waals surface area contributed by atoms with E-state index in [0.717, 1.165) is 17.7 Å². The van der Waals surface area contributed by atoms with Crippen LogP contribution in [0.25, 0.3) is 0 Å². The Balaban J connectivity index is 1.65. The second kappa shape index (κ2) is 7.93. The number of hydrogen-bond donors (Lipinski definition) is 0. The molecule has 28 heavy (non-hydrogen) atoms. The topological polar surface area (TPSA) is 23.6 Å². The van der Waals surface area contributed by atoms with Gasteiger partial charge in [0.05, 0.1) is 5.56 Å². The highest BCUT2D eigenvalue weighted by Gasteiger charge is 2.31. The van der Waals surface area contributed by atoms with Gasteiger partial charge >= 0.3 is 6.18 Å². The minimum absolute atomic E-state index is 0.357. The third kappa shape index (κ3) is 4.63. The molecule has 1 fully saturated rings. The number of alkyl halides is 3. The SMILES string of the molecule is Cc1ccc(C(F)(F)F)cc1N1CCN(C(=O)C#Cc2ccc(F)cc2)CC1. The zero-order valence-corrected chi connectivity index (χ0v) is 15.2. The van der Waals surface area contributed by atoms with Crippen molar-refractivity contribution in [2.24, 2.45) is 0 Å². The predicted octanol–water partition coefficient (Wildman–Crippen LogP) is 3.85. The summed E-state index contributed by atoms with van der Waals surface area (Å²) in [6.07, 6.45) is -4.39. The van der Waals surface area contributed by atoms with Gasteiger partial charge in [-0.15, -0.1) is 0 Å². The maximum atomic E-state index is 13.0. The summed E-state index contributed by atoms with van der Waals surface area (Å²) < 4.78 is 51.8. The van der Waals surface area contributed by atoms with Crippen molar-refractivity contribution in [1.29, 1.82) is 0 Å². The number of carbonyl (C=O) groups excluding carboxylic acids is 1. The maximum Gasteiger partial charge on any atom is 0.416 e. The Kier molecular flexibility index (Phi) is 5.59. The molecule has 2 aromatic carbocycles. The molecule has 0 bridgehead atoms. The molecule has 0 aromatic heterocycles.